The van der Waals surface area contributed by atoms with E-state index in [-0.39, 0.29) is 30.3 Å². The maximum absolute atomic E-state index is 11.9. The Balaban J connectivity index is 0.00000242. The Morgan fingerprint density at radius 3 is 2.55 bits per heavy atom. The third kappa shape index (κ3) is 4.53. The van der Waals surface area contributed by atoms with Crippen molar-refractivity contribution in [1.29, 1.82) is 0 Å². The van der Waals surface area contributed by atoms with Crippen LogP contribution in [0, 0.1) is 12.8 Å². The molecule has 1 amide bonds. The molecule has 0 radical (unpaired) electrons. The third-order valence-electron chi connectivity index (χ3n) is 3.54. The number of aromatic nitrogens is 1. The van der Waals surface area contributed by atoms with E-state index in [1.54, 1.807) is 11.3 Å². The number of thiazole rings is 1. The fourth-order valence-corrected chi connectivity index (χ4v) is 2.87. The van der Waals surface area contributed by atoms with Crippen LogP contribution in [0.2, 0.25) is 0 Å². The predicted molar refractivity (Wildman–Crippen MR) is 94.2 cm³/mol. The smallest absolute Gasteiger partial charge is 0.224 e. The second-order valence-electron chi connectivity index (χ2n) is 5.26. The number of halogens is 1. The Labute approximate surface area is 141 Å². The number of carbonyl (C=O) groups is 1. The fourth-order valence-electron chi connectivity index (χ4n) is 1.86. The lowest BCUT2D eigenvalue weighted by molar-refractivity contribution is -0.125. The molecule has 0 aliphatic carbocycles. The van der Waals surface area contributed by atoms with Crippen LogP contribution >= 0.6 is 23.7 Å². The Morgan fingerprint density at radius 1 is 1.32 bits per heavy atom. The quantitative estimate of drug-likeness (QED) is 0.879. The SMILES string of the molecule is Cc1nc(-c2ccccc2)sc1CNC(=O)C(C)C(C)N.Cl. The summed E-state index contributed by atoms with van der Waals surface area (Å²) in [5, 5.41) is 3.92. The summed E-state index contributed by atoms with van der Waals surface area (Å²) in [5.74, 6) is -0.203. The first-order chi connectivity index (χ1) is 9.99. The lowest BCUT2D eigenvalue weighted by Gasteiger charge is -2.14. The van der Waals surface area contributed by atoms with E-state index < -0.39 is 0 Å². The van der Waals surface area contributed by atoms with E-state index in [0.29, 0.717) is 6.54 Å². The number of amides is 1. The first-order valence-electron chi connectivity index (χ1n) is 7.04. The van der Waals surface area contributed by atoms with Gasteiger partial charge in [-0.2, -0.15) is 0 Å². The van der Waals surface area contributed by atoms with Gasteiger partial charge in [0.15, 0.2) is 0 Å². The Hall–Kier alpha value is -1.43. The Morgan fingerprint density at radius 2 is 1.95 bits per heavy atom. The topological polar surface area (TPSA) is 68.0 Å². The van der Waals surface area contributed by atoms with Crippen molar-refractivity contribution in [3.63, 3.8) is 0 Å². The molecule has 4 nitrogen and oxygen atoms in total. The molecular formula is C16H22ClN3OS. The molecule has 0 saturated heterocycles. The number of rotatable bonds is 5. The lowest BCUT2D eigenvalue weighted by atomic mass is 10.0. The molecule has 0 bridgehead atoms. The van der Waals surface area contributed by atoms with Crippen LogP contribution in [0.3, 0.4) is 0 Å². The molecule has 6 heteroatoms. The molecule has 0 spiro atoms. The Bertz CT molecular complexity index is 613. The van der Waals surface area contributed by atoms with Crippen molar-refractivity contribution in [2.75, 3.05) is 0 Å². The Kier molecular flexibility index (Phi) is 7.00. The zero-order valence-electron chi connectivity index (χ0n) is 13.0. The van der Waals surface area contributed by atoms with Gasteiger partial charge < -0.3 is 11.1 Å². The van der Waals surface area contributed by atoms with Crippen LogP contribution in [0.1, 0.15) is 24.4 Å². The highest BCUT2D eigenvalue weighted by Gasteiger charge is 2.17. The van der Waals surface area contributed by atoms with Gasteiger partial charge in [-0.25, -0.2) is 4.98 Å². The minimum atomic E-state index is -0.188. The van der Waals surface area contributed by atoms with E-state index >= 15 is 0 Å². The standard InChI is InChI=1S/C16H21N3OS.ClH/c1-10(11(2)17)15(20)18-9-14-12(3)19-16(21-14)13-7-5-4-6-8-13;/h4-8,10-11H,9,17H2,1-3H3,(H,18,20);1H. The molecule has 0 aliphatic heterocycles. The highest BCUT2D eigenvalue weighted by molar-refractivity contribution is 7.15. The summed E-state index contributed by atoms with van der Waals surface area (Å²) in [7, 11) is 0. The molecule has 2 atom stereocenters. The van der Waals surface area contributed by atoms with Crippen molar-refractivity contribution in [1.82, 2.24) is 10.3 Å². The monoisotopic (exact) mass is 339 g/mol. The van der Waals surface area contributed by atoms with E-state index in [9.17, 15) is 4.79 Å². The van der Waals surface area contributed by atoms with Crippen molar-refractivity contribution >= 4 is 29.7 Å². The highest BCUT2D eigenvalue weighted by atomic mass is 35.5. The summed E-state index contributed by atoms with van der Waals surface area (Å²) < 4.78 is 0. The number of benzene rings is 1. The van der Waals surface area contributed by atoms with Crippen molar-refractivity contribution in [3.05, 3.63) is 40.9 Å². The van der Waals surface area contributed by atoms with Crippen molar-refractivity contribution < 1.29 is 4.79 Å². The molecule has 1 aromatic carbocycles. The summed E-state index contributed by atoms with van der Waals surface area (Å²) in [5.41, 5.74) is 7.81. The van der Waals surface area contributed by atoms with Gasteiger partial charge in [0.1, 0.15) is 5.01 Å². The van der Waals surface area contributed by atoms with Crippen LogP contribution in [0.4, 0.5) is 0 Å². The van der Waals surface area contributed by atoms with E-state index in [1.807, 2.05) is 51.1 Å². The highest BCUT2D eigenvalue weighted by Crippen LogP contribution is 2.27. The molecule has 0 fully saturated rings. The number of nitrogens with one attached hydrogen (secondary N) is 1. The van der Waals surface area contributed by atoms with Crippen molar-refractivity contribution in [3.8, 4) is 10.6 Å². The number of nitrogens with zero attached hydrogens (tertiary/aromatic N) is 1. The first kappa shape index (κ1) is 18.6. The molecule has 3 N–H and O–H groups in total. The number of hydrogen-bond acceptors (Lipinski definition) is 4. The van der Waals surface area contributed by atoms with Crippen LogP contribution in [-0.2, 0) is 11.3 Å². The van der Waals surface area contributed by atoms with Gasteiger partial charge in [-0.1, -0.05) is 37.3 Å². The molecule has 2 unspecified atom stereocenters. The van der Waals surface area contributed by atoms with Gasteiger partial charge in [0.05, 0.1) is 12.2 Å². The van der Waals surface area contributed by atoms with Gasteiger partial charge in [0.2, 0.25) is 5.91 Å². The minimum Gasteiger partial charge on any atom is -0.351 e. The number of hydrogen-bond donors (Lipinski definition) is 2. The van der Waals surface area contributed by atoms with Crippen LogP contribution in [0.15, 0.2) is 30.3 Å². The zero-order valence-corrected chi connectivity index (χ0v) is 14.6. The first-order valence-corrected chi connectivity index (χ1v) is 7.85. The molecule has 2 rings (SSSR count). The normalized spacial score (nSPS) is 13.1. The van der Waals surface area contributed by atoms with Gasteiger partial charge >= 0.3 is 0 Å². The molecule has 2 aromatic rings. The third-order valence-corrected chi connectivity index (χ3v) is 4.75. The predicted octanol–water partition coefficient (Wildman–Crippen LogP) is 3.14. The summed E-state index contributed by atoms with van der Waals surface area (Å²) in [6, 6.07) is 9.92. The second kappa shape index (κ2) is 8.27. The van der Waals surface area contributed by atoms with Crippen LogP contribution in [-0.4, -0.2) is 16.9 Å². The lowest BCUT2D eigenvalue weighted by Crippen LogP contribution is -2.38. The summed E-state index contributed by atoms with van der Waals surface area (Å²) in [6.45, 7) is 6.16. The van der Waals surface area contributed by atoms with Crippen molar-refractivity contribution in [2.45, 2.75) is 33.4 Å². The molecule has 120 valence electrons. The number of aryl methyl sites for hydroxylation is 1. The van der Waals surface area contributed by atoms with Gasteiger partial charge in [-0.3, -0.25) is 4.79 Å². The van der Waals surface area contributed by atoms with Gasteiger partial charge in [0.25, 0.3) is 0 Å². The van der Waals surface area contributed by atoms with Gasteiger partial charge in [-0.15, -0.1) is 23.7 Å². The number of nitrogens with two attached hydrogens (primary N) is 1. The van der Waals surface area contributed by atoms with E-state index in [4.69, 9.17) is 5.73 Å². The molecule has 1 aromatic heterocycles. The van der Waals surface area contributed by atoms with Crippen molar-refractivity contribution in [2.24, 2.45) is 11.7 Å². The molecule has 1 heterocycles. The van der Waals surface area contributed by atoms with Gasteiger partial charge in [0, 0.05) is 22.4 Å². The maximum atomic E-state index is 11.9. The van der Waals surface area contributed by atoms with E-state index in [1.165, 1.54) is 0 Å². The molecule has 0 saturated carbocycles. The summed E-state index contributed by atoms with van der Waals surface area (Å²) in [6.07, 6.45) is 0. The van der Waals surface area contributed by atoms with E-state index in [2.05, 4.69) is 10.3 Å². The average Bonchev–Trinajstić information content (AvgIpc) is 2.86. The van der Waals surface area contributed by atoms with Crippen LogP contribution in [0.25, 0.3) is 10.6 Å². The second-order valence-corrected chi connectivity index (χ2v) is 6.34. The minimum absolute atomic E-state index is 0. The fraction of sp³-hybridized carbons (Fsp3) is 0.375. The molecule has 22 heavy (non-hydrogen) atoms. The van der Waals surface area contributed by atoms with Crippen LogP contribution < -0.4 is 11.1 Å². The maximum Gasteiger partial charge on any atom is 0.224 e. The molecular weight excluding hydrogens is 318 g/mol. The summed E-state index contributed by atoms with van der Waals surface area (Å²) >= 11 is 1.62. The van der Waals surface area contributed by atoms with E-state index in [0.717, 1.165) is 21.1 Å². The van der Waals surface area contributed by atoms with Crippen LogP contribution in [0.5, 0.6) is 0 Å². The average molecular weight is 340 g/mol. The number of carbonyl (C=O) groups excluding carboxylic acids is 1. The largest absolute Gasteiger partial charge is 0.351 e. The molecule has 0 aliphatic rings. The van der Waals surface area contributed by atoms with Gasteiger partial charge in [-0.05, 0) is 13.8 Å². The zero-order chi connectivity index (χ0) is 15.4. The summed E-state index contributed by atoms with van der Waals surface area (Å²) in [4.78, 5) is 17.6.